The van der Waals surface area contributed by atoms with Crippen molar-refractivity contribution in [1.29, 1.82) is 0 Å². The second-order valence-electron chi connectivity index (χ2n) is 16.1. The zero-order valence-electron chi connectivity index (χ0n) is 35.3. The van der Waals surface area contributed by atoms with Crippen LogP contribution < -0.4 is 5.32 Å². The quantitative estimate of drug-likeness (QED) is 0.0315. The molecule has 4 unspecified atom stereocenters. The first kappa shape index (κ1) is 51.8. The fourth-order valence-corrected chi connectivity index (χ4v) is 7.16. The standard InChI is InChI=1S/C47H91NO5/c1-3-5-7-9-11-13-15-16-17-18-19-20-21-22-23-24-25-26-27-28-29-30-31-33-35-37-39-41-45(51)47(53)48-43(42-49)46(52)44(50)40-38-36-34-32-14-12-10-8-6-4-2/h22-23,32,34,43-46,49-52H,3-21,24-31,33,35-42H2,1-2H3,(H,48,53)/b23-22-,34-32+. The highest BCUT2D eigenvalue weighted by Gasteiger charge is 2.28. The number of allylic oxidation sites excluding steroid dienone is 4. The first-order valence-electron chi connectivity index (χ1n) is 23.2. The Labute approximate surface area is 329 Å². The molecule has 53 heavy (non-hydrogen) atoms. The molecule has 0 aromatic heterocycles. The van der Waals surface area contributed by atoms with Gasteiger partial charge in [-0.05, 0) is 64.2 Å². The van der Waals surface area contributed by atoms with Crippen molar-refractivity contribution >= 4 is 5.91 Å². The Hall–Kier alpha value is -1.21. The van der Waals surface area contributed by atoms with Crippen LogP contribution in [0.3, 0.4) is 0 Å². The molecule has 1 amide bonds. The number of aliphatic hydroxyl groups is 4. The van der Waals surface area contributed by atoms with Crippen LogP contribution in [0.2, 0.25) is 0 Å². The molecule has 0 heterocycles. The van der Waals surface area contributed by atoms with E-state index in [-0.39, 0.29) is 0 Å². The average molecular weight is 750 g/mol. The largest absolute Gasteiger partial charge is 0.394 e. The predicted molar refractivity (Wildman–Crippen MR) is 228 cm³/mol. The summed E-state index contributed by atoms with van der Waals surface area (Å²) < 4.78 is 0. The lowest BCUT2D eigenvalue weighted by atomic mass is 10.00. The number of rotatable bonds is 42. The van der Waals surface area contributed by atoms with E-state index in [4.69, 9.17) is 0 Å². The SMILES string of the molecule is CCCCCCC/C=C/CCCC(O)C(O)C(CO)NC(=O)C(O)CCCCCCCCCCCCC/C=C\CCCCCCCCCCCCCC. The summed E-state index contributed by atoms with van der Waals surface area (Å²) in [5.74, 6) is -0.594. The predicted octanol–water partition coefficient (Wildman–Crippen LogP) is 12.4. The van der Waals surface area contributed by atoms with E-state index in [0.717, 1.165) is 38.5 Å². The topological polar surface area (TPSA) is 110 Å². The Bertz CT molecular complexity index is 802. The van der Waals surface area contributed by atoms with E-state index in [9.17, 15) is 25.2 Å². The summed E-state index contributed by atoms with van der Waals surface area (Å²) in [6.45, 7) is 4.01. The summed E-state index contributed by atoms with van der Waals surface area (Å²) in [6, 6.07) is -0.999. The lowest BCUT2D eigenvalue weighted by molar-refractivity contribution is -0.132. The first-order chi connectivity index (χ1) is 26.0. The van der Waals surface area contributed by atoms with Crippen LogP contribution in [-0.4, -0.2) is 57.3 Å². The highest BCUT2D eigenvalue weighted by molar-refractivity contribution is 5.80. The number of carbonyl (C=O) groups excluding carboxylic acids is 1. The molecule has 0 radical (unpaired) electrons. The average Bonchev–Trinajstić information content (AvgIpc) is 3.16. The highest BCUT2D eigenvalue weighted by atomic mass is 16.3. The van der Waals surface area contributed by atoms with Crippen molar-refractivity contribution < 1.29 is 25.2 Å². The van der Waals surface area contributed by atoms with Gasteiger partial charge in [0.25, 0.3) is 0 Å². The van der Waals surface area contributed by atoms with Crippen molar-refractivity contribution in [2.24, 2.45) is 0 Å². The van der Waals surface area contributed by atoms with Gasteiger partial charge in [0.05, 0.1) is 18.8 Å². The third-order valence-electron chi connectivity index (χ3n) is 10.9. The number of nitrogens with one attached hydrogen (secondary N) is 1. The van der Waals surface area contributed by atoms with Crippen LogP contribution in [0, 0.1) is 0 Å². The van der Waals surface area contributed by atoms with Gasteiger partial charge in [0.2, 0.25) is 5.91 Å². The van der Waals surface area contributed by atoms with Crippen molar-refractivity contribution in [1.82, 2.24) is 5.32 Å². The number of unbranched alkanes of at least 4 members (excludes halogenated alkanes) is 29. The van der Waals surface area contributed by atoms with E-state index in [1.807, 2.05) is 0 Å². The van der Waals surface area contributed by atoms with Gasteiger partial charge in [-0.1, -0.05) is 199 Å². The zero-order valence-corrected chi connectivity index (χ0v) is 35.3. The summed E-state index contributed by atoms with van der Waals surface area (Å²) in [5, 5.41) is 43.5. The molecule has 314 valence electrons. The van der Waals surface area contributed by atoms with Crippen molar-refractivity contribution in [3.05, 3.63) is 24.3 Å². The zero-order chi connectivity index (χ0) is 38.9. The molecule has 0 aliphatic heterocycles. The minimum atomic E-state index is -1.28. The molecule has 0 fully saturated rings. The minimum absolute atomic E-state index is 0.363. The molecule has 0 aliphatic carbocycles. The number of hydrogen-bond donors (Lipinski definition) is 5. The number of aliphatic hydroxyl groups excluding tert-OH is 4. The summed E-state index contributed by atoms with van der Waals surface area (Å²) in [7, 11) is 0. The molecular weight excluding hydrogens is 659 g/mol. The van der Waals surface area contributed by atoms with Crippen LogP contribution in [0.25, 0.3) is 0 Å². The molecule has 6 heteroatoms. The van der Waals surface area contributed by atoms with Gasteiger partial charge in [0.15, 0.2) is 0 Å². The second kappa shape index (κ2) is 41.9. The Balaban J connectivity index is 3.63. The number of carbonyl (C=O) groups is 1. The molecular formula is C47H91NO5. The molecule has 0 saturated heterocycles. The highest BCUT2D eigenvalue weighted by Crippen LogP contribution is 2.16. The first-order valence-corrected chi connectivity index (χ1v) is 23.2. The van der Waals surface area contributed by atoms with E-state index < -0.39 is 36.9 Å². The third kappa shape index (κ3) is 36.2. The molecule has 0 aromatic carbocycles. The number of hydrogen-bond acceptors (Lipinski definition) is 5. The number of amides is 1. The van der Waals surface area contributed by atoms with Crippen molar-refractivity contribution in [2.45, 2.75) is 263 Å². The summed E-state index contributed by atoms with van der Waals surface area (Å²) >= 11 is 0. The van der Waals surface area contributed by atoms with E-state index in [0.29, 0.717) is 12.8 Å². The van der Waals surface area contributed by atoms with Crippen molar-refractivity contribution in [2.75, 3.05) is 6.61 Å². The van der Waals surface area contributed by atoms with E-state index in [2.05, 4.69) is 43.5 Å². The van der Waals surface area contributed by atoms with E-state index in [1.54, 1.807) is 0 Å². The lowest BCUT2D eigenvalue weighted by Gasteiger charge is -2.27. The van der Waals surface area contributed by atoms with Crippen LogP contribution >= 0.6 is 0 Å². The summed E-state index contributed by atoms with van der Waals surface area (Å²) in [6.07, 6.45) is 48.1. The molecule has 6 nitrogen and oxygen atoms in total. The van der Waals surface area contributed by atoms with Crippen molar-refractivity contribution in [3.63, 3.8) is 0 Å². The smallest absolute Gasteiger partial charge is 0.249 e. The fraction of sp³-hybridized carbons (Fsp3) is 0.894. The maximum absolute atomic E-state index is 12.5. The molecule has 0 bridgehead atoms. The van der Waals surface area contributed by atoms with Gasteiger partial charge < -0.3 is 25.7 Å². The molecule has 0 aliphatic rings. The molecule has 0 aromatic rings. The normalized spacial score (nSPS) is 14.3. The van der Waals surface area contributed by atoms with E-state index in [1.165, 1.54) is 173 Å². The Morgan fingerprint density at radius 3 is 1.13 bits per heavy atom. The van der Waals surface area contributed by atoms with Gasteiger partial charge in [0, 0.05) is 0 Å². The lowest BCUT2D eigenvalue weighted by Crippen LogP contribution is -2.53. The van der Waals surface area contributed by atoms with Gasteiger partial charge in [0.1, 0.15) is 12.2 Å². The van der Waals surface area contributed by atoms with Crippen LogP contribution in [0.1, 0.15) is 239 Å². The molecule has 0 saturated carbocycles. The summed E-state index contributed by atoms with van der Waals surface area (Å²) in [4.78, 5) is 12.5. The maximum Gasteiger partial charge on any atom is 0.249 e. The van der Waals surface area contributed by atoms with Gasteiger partial charge in [-0.15, -0.1) is 0 Å². The maximum atomic E-state index is 12.5. The Morgan fingerprint density at radius 1 is 0.453 bits per heavy atom. The molecule has 4 atom stereocenters. The van der Waals surface area contributed by atoms with Crippen LogP contribution in [0.5, 0.6) is 0 Å². The Morgan fingerprint density at radius 2 is 0.774 bits per heavy atom. The molecule has 0 spiro atoms. The van der Waals surface area contributed by atoms with Crippen LogP contribution in [0.15, 0.2) is 24.3 Å². The third-order valence-corrected chi connectivity index (χ3v) is 10.9. The van der Waals surface area contributed by atoms with Gasteiger partial charge in [-0.2, -0.15) is 0 Å². The summed E-state index contributed by atoms with van der Waals surface area (Å²) in [5.41, 5.74) is 0. The van der Waals surface area contributed by atoms with Gasteiger partial charge >= 0.3 is 0 Å². The van der Waals surface area contributed by atoms with Crippen molar-refractivity contribution in [3.8, 4) is 0 Å². The van der Waals surface area contributed by atoms with E-state index >= 15 is 0 Å². The fourth-order valence-electron chi connectivity index (χ4n) is 7.16. The van der Waals surface area contributed by atoms with Gasteiger partial charge in [-0.25, -0.2) is 0 Å². The minimum Gasteiger partial charge on any atom is -0.394 e. The van der Waals surface area contributed by atoms with Crippen LogP contribution in [-0.2, 0) is 4.79 Å². The molecule has 0 rings (SSSR count). The van der Waals surface area contributed by atoms with Crippen LogP contribution in [0.4, 0.5) is 0 Å². The monoisotopic (exact) mass is 750 g/mol. The van der Waals surface area contributed by atoms with Gasteiger partial charge in [-0.3, -0.25) is 4.79 Å². The molecule has 5 N–H and O–H groups in total. The Kier molecular flexibility index (Phi) is 41.0. The second-order valence-corrected chi connectivity index (χ2v) is 16.1.